The smallest absolute Gasteiger partial charge is 0.339 e. The molecule has 1 aliphatic heterocycles. The van der Waals surface area contributed by atoms with Gasteiger partial charge in [0, 0.05) is 0 Å². The van der Waals surface area contributed by atoms with E-state index < -0.39 is 28.0 Å². The van der Waals surface area contributed by atoms with E-state index in [0.717, 1.165) is 10.5 Å². The summed E-state index contributed by atoms with van der Waals surface area (Å²) in [5.41, 5.74) is 2.00. The standard InChI is InChI=1S/C26H21IN2O7S/c1-15-8-10-18(11-9-15)37(33,34)36-23-20(27)13-17(14-22(23)35-3)12-19-24(30)28-26(32)29(25(19)31)21-7-5-4-6-16(21)2/h4-14H,1-3H3,(H,28,30,32)/b19-12+. The van der Waals surface area contributed by atoms with Crippen LogP contribution in [0.2, 0.25) is 0 Å². The number of para-hydroxylation sites is 1. The van der Waals surface area contributed by atoms with Gasteiger partial charge in [-0.25, -0.2) is 9.69 Å². The minimum atomic E-state index is -4.15. The molecular weight excluding hydrogens is 611 g/mol. The number of anilines is 1. The molecule has 0 radical (unpaired) electrons. The first-order valence-electron chi connectivity index (χ1n) is 10.9. The van der Waals surface area contributed by atoms with Gasteiger partial charge in [-0.3, -0.25) is 14.9 Å². The van der Waals surface area contributed by atoms with Crippen molar-refractivity contribution in [1.29, 1.82) is 0 Å². The average molecular weight is 632 g/mol. The number of imide groups is 2. The van der Waals surface area contributed by atoms with Crippen molar-refractivity contribution < 1.29 is 31.7 Å². The van der Waals surface area contributed by atoms with Crippen molar-refractivity contribution in [2.75, 3.05) is 12.0 Å². The van der Waals surface area contributed by atoms with Gasteiger partial charge >= 0.3 is 16.1 Å². The van der Waals surface area contributed by atoms with E-state index in [9.17, 15) is 22.8 Å². The molecule has 4 amide bonds. The number of hydrogen-bond acceptors (Lipinski definition) is 7. The Balaban J connectivity index is 1.71. The summed E-state index contributed by atoms with van der Waals surface area (Å²) in [5.74, 6) is -1.61. The summed E-state index contributed by atoms with van der Waals surface area (Å²) in [6, 6.07) is 15.1. The second kappa shape index (κ2) is 10.3. The predicted molar refractivity (Wildman–Crippen MR) is 145 cm³/mol. The van der Waals surface area contributed by atoms with Crippen molar-refractivity contribution in [3.05, 3.63) is 86.5 Å². The highest BCUT2D eigenvalue weighted by Crippen LogP contribution is 2.37. The summed E-state index contributed by atoms with van der Waals surface area (Å²) in [5, 5.41) is 2.19. The van der Waals surface area contributed by atoms with Gasteiger partial charge in [-0.05, 0) is 84.0 Å². The Morgan fingerprint density at radius 2 is 1.65 bits per heavy atom. The Labute approximate surface area is 227 Å². The molecule has 0 spiro atoms. The van der Waals surface area contributed by atoms with Crippen LogP contribution in [0, 0.1) is 17.4 Å². The van der Waals surface area contributed by atoms with Crippen molar-refractivity contribution in [1.82, 2.24) is 5.32 Å². The first-order chi connectivity index (χ1) is 17.5. The Bertz CT molecular complexity index is 1560. The summed E-state index contributed by atoms with van der Waals surface area (Å²) in [6.45, 7) is 3.58. The van der Waals surface area contributed by atoms with Gasteiger partial charge < -0.3 is 8.92 Å². The van der Waals surface area contributed by atoms with Crippen molar-refractivity contribution in [3.8, 4) is 11.5 Å². The number of ether oxygens (including phenoxy) is 1. The van der Waals surface area contributed by atoms with Gasteiger partial charge in [-0.2, -0.15) is 8.42 Å². The monoisotopic (exact) mass is 632 g/mol. The number of urea groups is 1. The zero-order valence-corrected chi connectivity index (χ0v) is 22.9. The summed E-state index contributed by atoms with van der Waals surface area (Å²) < 4.78 is 36.8. The molecule has 0 saturated carbocycles. The van der Waals surface area contributed by atoms with Crippen molar-refractivity contribution in [2.24, 2.45) is 0 Å². The number of aryl methyl sites for hydroxylation is 2. The number of hydrogen-bond donors (Lipinski definition) is 1. The van der Waals surface area contributed by atoms with Crippen LogP contribution in [-0.2, 0) is 19.7 Å². The SMILES string of the molecule is COc1cc(/C=C2\C(=O)NC(=O)N(c3ccccc3C)C2=O)cc(I)c1OS(=O)(=O)c1ccc(C)cc1. The van der Waals surface area contributed by atoms with Crippen molar-refractivity contribution >= 4 is 62.3 Å². The number of carbonyl (C=O) groups excluding carboxylic acids is 3. The maximum absolute atomic E-state index is 13.2. The minimum Gasteiger partial charge on any atom is -0.493 e. The molecule has 1 aliphatic rings. The van der Waals surface area contributed by atoms with Gasteiger partial charge in [-0.15, -0.1) is 0 Å². The molecule has 0 aromatic heterocycles. The first kappa shape index (κ1) is 26.4. The van der Waals surface area contributed by atoms with Crippen LogP contribution < -0.4 is 19.1 Å². The quantitative estimate of drug-likeness (QED) is 0.186. The second-order valence-corrected chi connectivity index (χ2v) is 10.8. The molecule has 1 heterocycles. The maximum atomic E-state index is 13.2. The molecular formula is C26H21IN2O7S. The van der Waals surface area contributed by atoms with E-state index in [4.69, 9.17) is 8.92 Å². The Hall–Kier alpha value is -3.71. The minimum absolute atomic E-state index is 0.0208. The molecule has 0 bridgehead atoms. The molecule has 0 unspecified atom stereocenters. The summed E-state index contributed by atoms with van der Waals surface area (Å²) in [6.07, 6.45) is 1.30. The Kier molecular flexibility index (Phi) is 7.37. The third-order valence-electron chi connectivity index (χ3n) is 5.52. The molecule has 0 atom stereocenters. The normalized spacial score (nSPS) is 15.1. The van der Waals surface area contributed by atoms with Gasteiger partial charge in [0.15, 0.2) is 11.5 Å². The fourth-order valence-corrected chi connectivity index (χ4v) is 5.47. The topological polar surface area (TPSA) is 119 Å². The molecule has 4 rings (SSSR count). The first-order valence-corrected chi connectivity index (χ1v) is 13.4. The molecule has 1 N–H and O–H groups in total. The van der Waals surface area contributed by atoms with Crippen LogP contribution in [-0.4, -0.2) is 33.4 Å². The third kappa shape index (κ3) is 5.37. The Morgan fingerprint density at radius 1 is 0.973 bits per heavy atom. The summed E-state index contributed by atoms with van der Waals surface area (Å²) in [4.78, 5) is 39.2. The molecule has 11 heteroatoms. The lowest BCUT2D eigenvalue weighted by Crippen LogP contribution is -2.54. The van der Waals surface area contributed by atoms with Crippen LogP contribution in [0.5, 0.6) is 11.5 Å². The van der Waals surface area contributed by atoms with Crippen LogP contribution in [0.25, 0.3) is 6.08 Å². The van der Waals surface area contributed by atoms with Crippen LogP contribution in [0.4, 0.5) is 10.5 Å². The van der Waals surface area contributed by atoms with E-state index in [1.807, 2.05) is 29.5 Å². The van der Waals surface area contributed by atoms with Gasteiger partial charge in [0.25, 0.3) is 11.8 Å². The van der Waals surface area contributed by atoms with E-state index in [2.05, 4.69) is 5.32 Å². The van der Waals surface area contributed by atoms with Gasteiger partial charge in [0.1, 0.15) is 10.5 Å². The lowest BCUT2D eigenvalue weighted by Gasteiger charge is -2.27. The predicted octanol–water partition coefficient (Wildman–Crippen LogP) is 4.35. The fourth-order valence-electron chi connectivity index (χ4n) is 3.62. The molecule has 190 valence electrons. The molecule has 0 aliphatic carbocycles. The van der Waals surface area contributed by atoms with Crippen molar-refractivity contribution in [3.63, 3.8) is 0 Å². The third-order valence-corrected chi connectivity index (χ3v) is 7.56. The van der Waals surface area contributed by atoms with Gasteiger partial charge in [0.2, 0.25) is 0 Å². The number of nitrogens with zero attached hydrogens (tertiary/aromatic N) is 1. The summed E-state index contributed by atoms with van der Waals surface area (Å²) >= 11 is 1.88. The van der Waals surface area contributed by atoms with Gasteiger partial charge in [0.05, 0.1) is 16.4 Å². The maximum Gasteiger partial charge on any atom is 0.339 e. The van der Waals surface area contributed by atoms with E-state index >= 15 is 0 Å². The number of amides is 4. The number of nitrogens with one attached hydrogen (secondary N) is 1. The fraction of sp³-hybridized carbons (Fsp3) is 0.115. The largest absolute Gasteiger partial charge is 0.493 e. The zero-order chi connectivity index (χ0) is 26.9. The van der Waals surface area contributed by atoms with E-state index in [1.54, 1.807) is 43.3 Å². The molecule has 3 aromatic rings. The highest BCUT2D eigenvalue weighted by Gasteiger charge is 2.37. The molecule has 9 nitrogen and oxygen atoms in total. The number of benzene rings is 3. The molecule has 3 aromatic carbocycles. The highest BCUT2D eigenvalue weighted by atomic mass is 127. The van der Waals surface area contributed by atoms with Gasteiger partial charge in [-0.1, -0.05) is 35.9 Å². The molecule has 1 fully saturated rings. The van der Waals surface area contributed by atoms with Crippen LogP contribution >= 0.6 is 22.6 Å². The van der Waals surface area contributed by atoms with Crippen molar-refractivity contribution in [2.45, 2.75) is 18.7 Å². The molecule has 1 saturated heterocycles. The number of halogens is 1. The van der Waals surface area contributed by atoms with Crippen LogP contribution in [0.1, 0.15) is 16.7 Å². The lowest BCUT2D eigenvalue weighted by molar-refractivity contribution is -0.122. The van der Waals surface area contributed by atoms with E-state index in [0.29, 0.717) is 20.4 Å². The number of barbiturate groups is 1. The second-order valence-electron chi connectivity index (χ2n) is 8.13. The van der Waals surface area contributed by atoms with Crippen LogP contribution in [0.3, 0.4) is 0 Å². The lowest BCUT2D eigenvalue weighted by atomic mass is 10.1. The average Bonchev–Trinajstić information content (AvgIpc) is 2.84. The number of methoxy groups -OCH3 is 1. The highest BCUT2D eigenvalue weighted by molar-refractivity contribution is 14.1. The zero-order valence-electron chi connectivity index (χ0n) is 19.9. The number of rotatable bonds is 6. The van der Waals surface area contributed by atoms with E-state index in [-0.39, 0.29) is 22.0 Å². The summed E-state index contributed by atoms with van der Waals surface area (Å²) in [7, 11) is -2.82. The van der Waals surface area contributed by atoms with Crippen LogP contribution in [0.15, 0.2) is 71.1 Å². The molecule has 37 heavy (non-hydrogen) atoms. The Morgan fingerprint density at radius 3 is 2.30 bits per heavy atom. The van der Waals surface area contributed by atoms with E-state index in [1.165, 1.54) is 37.5 Å². The number of carbonyl (C=O) groups is 3.